The Kier molecular flexibility index (Phi) is 7.14. The summed E-state index contributed by atoms with van der Waals surface area (Å²) in [5, 5.41) is 11.0. The molecule has 4 unspecified atom stereocenters. The van der Waals surface area contributed by atoms with E-state index in [2.05, 4.69) is 29.0 Å². The second-order valence-corrected chi connectivity index (χ2v) is 11.4. The number of phosphoric ester groups is 1. The van der Waals surface area contributed by atoms with E-state index in [9.17, 15) is 28.6 Å². The summed E-state index contributed by atoms with van der Waals surface area (Å²) in [6.45, 7) is -1.05. The van der Waals surface area contributed by atoms with Gasteiger partial charge in [0.1, 0.15) is 36.7 Å². The lowest BCUT2D eigenvalue weighted by Crippen LogP contribution is -2.42. The van der Waals surface area contributed by atoms with Gasteiger partial charge in [-0.15, -0.1) is 6.42 Å². The van der Waals surface area contributed by atoms with E-state index in [1.54, 1.807) is 0 Å². The van der Waals surface area contributed by atoms with Gasteiger partial charge in [-0.05, 0) is 0 Å². The molecular weight excluding hydrogens is 533 g/mol. The molecule has 0 aliphatic carbocycles. The van der Waals surface area contributed by atoms with Crippen molar-refractivity contribution < 1.29 is 56.3 Å². The summed E-state index contributed by atoms with van der Waals surface area (Å²) in [6.07, 6.45) is 5.33. The van der Waals surface area contributed by atoms with Crippen LogP contribution in [0.5, 0.6) is 0 Å². The van der Waals surface area contributed by atoms with Gasteiger partial charge in [0, 0.05) is 12.6 Å². The Labute approximate surface area is 189 Å². The van der Waals surface area contributed by atoms with E-state index in [-0.39, 0.29) is 22.9 Å². The molecule has 0 aromatic carbocycles. The fraction of sp³-hybridized carbons (Fsp3) is 0.385. The van der Waals surface area contributed by atoms with Crippen molar-refractivity contribution in [3.8, 4) is 12.3 Å². The van der Waals surface area contributed by atoms with E-state index in [1.807, 2.05) is 0 Å². The molecule has 182 valence electrons. The number of nitrogens with two attached hydrogens (primary N) is 1. The fourth-order valence-corrected chi connectivity index (χ4v) is 6.32. The Bertz CT molecular complexity index is 1260. The molecule has 1 fully saturated rings. The quantitative estimate of drug-likeness (QED) is 0.196. The Morgan fingerprint density at radius 1 is 1.27 bits per heavy atom. The summed E-state index contributed by atoms with van der Waals surface area (Å²) < 4.78 is 53.0. The molecule has 1 aliphatic heterocycles. The van der Waals surface area contributed by atoms with Crippen molar-refractivity contribution in [1.82, 2.24) is 14.5 Å². The first-order valence-electron chi connectivity index (χ1n) is 8.46. The number of rotatable bonds is 8. The molecule has 3 rings (SSSR count). The zero-order valence-electron chi connectivity index (χ0n) is 16.0. The van der Waals surface area contributed by atoms with Gasteiger partial charge in [0.05, 0.1) is 10.4 Å². The minimum atomic E-state index is -5.73. The topological polar surface area (TPSA) is 246 Å². The second kappa shape index (κ2) is 8.99. The van der Waals surface area contributed by atoms with Crippen LogP contribution in [0.2, 0.25) is 5.02 Å². The van der Waals surface area contributed by atoms with Crippen molar-refractivity contribution in [3.63, 3.8) is 0 Å². The lowest BCUT2D eigenvalue weighted by molar-refractivity contribution is -0.0873. The SMILES string of the molecule is C#C[C@]1(COP(=O)(O)OP(=O)(O)OP(=O)(O)O)OC(n2cc(Cl)c3c(N)ncnc32)CC1O. The first-order valence-corrected chi connectivity index (χ1v) is 13.4. The highest BCUT2D eigenvalue weighted by Gasteiger charge is 2.51. The number of aliphatic hydroxyl groups is 1. The van der Waals surface area contributed by atoms with Crippen molar-refractivity contribution in [3.05, 3.63) is 17.5 Å². The maximum Gasteiger partial charge on any atom is 0.490 e. The monoisotopic (exact) mass is 548 g/mol. The van der Waals surface area contributed by atoms with E-state index in [0.717, 1.165) is 0 Å². The number of hydrogen-bond acceptors (Lipinski definition) is 11. The Hall–Kier alpha value is -1.40. The number of halogens is 1. The van der Waals surface area contributed by atoms with Gasteiger partial charge in [-0.3, -0.25) is 4.52 Å². The van der Waals surface area contributed by atoms with E-state index in [1.165, 1.54) is 17.1 Å². The van der Waals surface area contributed by atoms with Crippen molar-refractivity contribution in [1.29, 1.82) is 0 Å². The summed E-state index contributed by atoms with van der Waals surface area (Å²) in [5.41, 5.74) is 3.98. The molecule has 33 heavy (non-hydrogen) atoms. The molecule has 0 saturated carbocycles. The number of aliphatic hydroxyl groups excluding tert-OH is 1. The van der Waals surface area contributed by atoms with Gasteiger partial charge >= 0.3 is 23.5 Å². The van der Waals surface area contributed by atoms with Crippen LogP contribution >= 0.6 is 35.1 Å². The molecule has 2 aromatic heterocycles. The number of aromatic nitrogens is 3. The van der Waals surface area contributed by atoms with Crippen molar-refractivity contribution in [2.75, 3.05) is 12.3 Å². The van der Waals surface area contributed by atoms with Gasteiger partial charge in [-0.25, -0.2) is 23.7 Å². The van der Waals surface area contributed by atoms with Crippen LogP contribution in [-0.4, -0.2) is 57.5 Å². The van der Waals surface area contributed by atoms with Crippen LogP contribution in [0.15, 0.2) is 12.5 Å². The maximum atomic E-state index is 12.0. The van der Waals surface area contributed by atoms with Gasteiger partial charge < -0.3 is 39.7 Å². The molecule has 20 heteroatoms. The Morgan fingerprint density at radius 2 is 1.94 bits per heavy atom. The van der Waals surface area contributed by atoms with Crippen LogP contribution in [0.1, 0.15) is 12.6 Å². The minimum absolute atomic E-state index is 0.0816. The second-order valence-electron chi connectivity index (χ2n) is 6.56. The van der Waals surface area contributed by atoms with Crippen LogP contribution < -0.4 is 5.73 Å². The van der Waals surface area contributed by atoms with Crippen LogP contribution in [-0.2, 0) is 31.6 Å². The molecule has 0 bridgehead atoms. The number of nitrogen functional groups attached to an aromatic ring is 1. The van der Waals surface area contributed by atoms with Crippen molar-refractivity contribution >= 4 is 51.9 Å². The molecule has 0 spiro atoms. The number of nitrogens with zero attached hydrogens (tertiary/aromatic N) is 3. The molecule has 1 aliphatic rings. The van der Waals surface area contributed by atoms with E-state index in [4.69, 9.17) is 38.3 Å². The summed E-state index contributed by atoms with van der Waals surface area (Å²) in [7, 11) is -16.8. The van der Waals surface area contributed by atoms with Crippen LogP contribution in [0.25, 0.3) is 11.0 Å². The predicted octanol–water partition coefficient (Wildman–Crippen LogP) is 0.662. The number of ether oxygens (including phenoxy) is 1. The van der Waals surface area contributed by atoms with E-state index < -0.39 is 48.0 Å². The van der Waals surface area contributed by atoms with Gasteiger partial charge in [-0.1, -0.05) is 17.5 Å². The third kappa shape index (κ3) is 5.82. The zero-order valence-corrected chi connectivity index (χ0v) is 19.5. The third-order valence-electron chi connectivity index (χ3n) is 4.31. The van der Waals surface area contributed by atoms with Crippen LogP contribution in [0, 0.1) is 12.3 Å². The first-order chi connectivity index (χ1) is 15.1. The summed E-state index contributed by atoms with van der Waals surface area (Å²) in [6, 6.07) is 0. The molecule has 16 nitrogen and oxygen atoms in total. The Morgan fingerprint density at radius 3 is 2.55 bits per heavy atom. The van der Waals surface area contributed by atoms with Crippen molar-refractivity contribution in [2.24, 2.45) is 0 Å². The summed E-state index contributed by atoms with van der Waals surface area (Å²) in [4.78, 5) is 43.9. The minimum Gasteiger partial charge on any atom is -0.389 e. The van der Waals surface area contributed by atoms with E-state index >= 15 is 0 Å². The highest BCUT2D eigenvalue weighted by atomic mass is 35.5. The highest BCUT2D eigenvalue weighted by molar-refractivity contribution is 7.66. The molecular formula is C13H16ClN4O12P3. The Balaban J connectivity index is 1.79. The van der Waals surface area contributed by atoms with Crippen LogP contribution in [0.4, 0.5) is 5.82 Å². The normalized spacial score (nSPS) is 27.2. The first kappa shape index (κ1) is 26.2. The average Bonchev–Trinajstić information content (AvgIpc) is 3.15. The summed E-state index contributed by atoms with van der Waals surface area (Å²) in [5.74, 6) is 2.17. The largest absolute Gasteiger partial charge is 0.490 e. The van der Waals surface area contributed by atoms with E-state index in [0.29, 0.717) is 5.39 Å². The van der Waals surface area contributed by atoms with Gasteiger partial charge in [-0.2, -0.15) is 8.62 Å². The molecule has 3 heterocycles. The molecule has 0 amide bonds. The number of hydrogen-bond donors (Lipinski definition) is 6. The molecule has 7 N–H and O–H groups in total. The molecule has 1 saturated heterocycles. The van der Waals surface area contributed by atoms with Gasteiger partial charge in [0.25, 0.3) is 0 Å². The smallest absolute Gasteiger partial charge is 0.389 e. The van der Waals surface area contributed by atoms with Gasteiger partial charge in [0.15, 0.2) is 5.60 Å². The number of terminal acetylenes is 1. The molecule has 0 radical (unpaired) electrons. The number of anilines is 1. The lowest BCUT2D eigenvalue weighted by atomic mass is 9.99. The summed E-state index contributed by atoms with van der Waals surface area (Å²) >= 11 is 6.16. The average molecular weight is 549 g/mol. The van der Waals surface area contributed by atoms with Gasteiger partial charge in [0.2, 0.25) is 0 Å². The maximum absolute atomic E-state index is 12.0. The molecule has 5 atom stereocenters. The van der Waals surface area contributed by atoms with Crippen LogP contribution in [0.3, 0.4) is 0 Å². The predicted molar refractivity (Wildman–Crippen MR) is 109 cm³/mol. The highest BCUT2D eigenvalue weighted by Crippen LogP contribution is 2.66. The van der Waals surface area contributed by atoms with Crippen molar-refractivity contribution in [2.45, 2.75) is 24.4 Å². The molecule has 2 aromatic rings. The standard InChI is InChI=1S/C13H16ClN4O12P3/c1-2-13(5-27-32(23,24)30-33(25,26)29-31(20,21)22)8(19)3-9(28-13)18-4-7(14)10-11(15)16-6-17-12(10)18/h1,4,6,8-9,19H,3,5H2,(H,23,24)(H,25,26)(H2,15,16,17)(H2,20,21,22)/t8?,9?,13-/m1/s1. The third-order valence-corrected chi connectivity index (χ3v) is 8.38. The lowest BCUT2D eigenvalue weighted by Gasteiger charge is -2.27. The zero-order chi connectivity index (χ0) is 24.8. The fourth-order valence-electron chi connectivity index (χ4n) is 2.99. The number of fused-ring (bicyclic) bond motifs is 1. The number of phosphoric acid groups is 3.